The highest BCUT2D eigenvalue weighted by molar-refractivity contribution is 5.59. The smallest absolute Gasteiger partial charge is 0.125 e. The first-order valence-corrected chi connectivity index (χ1v) is 10.7. The molecular weight excluding hydrogens is 316 g/mol. The molecule has 0 bridgehead atoms. The van der Waals surface area contributed by atoms with E-state index in [-0.39, 0.29) is 10.8 Å². The first kappa shape index (κ1) is 19.6. The Morgan fingerprint density at radius 1 is 1.19 bits per heavy atom. The summed E-state index contributed by atoms with van der Waals surface area (Å²) < 4.78 is 0. The van der Waals surface area contributed by atoms with Gasteiger partial charge < -0.3 is 4.79 Å². The normalized spacial score (nSPS) is 41.5. The van der Waals surface area contributed by atoms with Gasteiger partial charge in [0.1, 0.15) is 6.29 Å². The maximum Gasteiger partial charge on any atom is 0.125 e. The molecule has 0 aromatic rings. The van der Waals surface area contributed by atoms with E-state index in [0.717, 1.165) is 5.92 Å². The largest absolute Gasteiger partial charge is 0.303 e. The van der Waals surface area contributed by atoms with Crippen molar-refractivity contribution in [3.05, 3.63) is 35.5 Å². The molecule has 26 heavy (non-hydrogen) atoms. The maximum atomic E-state index is 11.7. The summed E-state index contributed by atoms with van der Waals surface area (Å²) in [5.41, 5.74) is 4.54. The zero-order valence-electron chi connectivity index (χ0n) is 17.6. The van der Waals surface area contributed by atoms with E-state index < -0.39 is 0 Å². The fraction of sp³-hybridized carbons (Fsp3) is 0.720. The molecule has 3 saturated carbocycles. The highest BCUT2D eigenvalue weighted by atomic mass is 16.1. The average Bonchev–Trinajstić information content (AvgIpc) is 2.95. The van der Waals surface area contributed by atoms with Crippen molar-refractivity contribution in [2.45, 2.75) is 79.6 Å². The summed E-state index contributed by atoms with van der Waals surface area (Å²) in [5.74, 6) is 2.55. The van der Waals surface area contributed by atoms with Gasteiger partial charge in [0.25, 0.3) is 0 Å². The topological polar surface area (TPSA) is 17.1 Å². The third kappa shape index (κ3) is 3.39. The van der Waals surface area contributed by atoms with Crippen LogP contribution in [0.5, 0.6) is 0 Å². The highest BCUT2D eigenvalue weighted by Gasteiger charge is 2.53. The van der Waals surface area contributed by atoms with Crippen molar-refractivity contribution in [2.75, 3.05) is 0 Å². The summed E-state index contributed by atoms with van der Waals surface area (Å²) in [5, 5.41) is 0. The average molecular weight is 355 g/mol. The second kappa shape index (κ2) is 7.13. The Kier molecular flexibility index (Phi) is 5.39. The van der Waals surface area contributed by atoms with Gasteiger partial charge >= 0.3 is 0 Å². The van der Waals surface area contributed by atoms with Gasteiger partial charge in [0.2, 0.25) is 0 Å². The third-order valence-electron chi connectivity index (χ3n) is 8.00. The van der Waals surface area contributed by atoms with Crippen LogP contribution in [0.2, 0.25) is 0 Å². The monoisotopic (exact) mass is 354 g/mol. The summed E-state index contributed by atoms with van der Waals surface area (Å²) in [6.45, 7) is 15.8. The van der Waals surface area contributed by atoms with Crippen molar-refractivity contribution >= 4 is 6.29 Å². The van der Waals surface area contributed by atoms with E-state index in [9.17, 15) is 4.79 Å². The number of fused-ring (bicyclic) bond motifs is 1. The van der Waals surface area contributed by atoms with Crippen LogP contribution in [-0.4, -0.2) is 6.29 Å². The van der Waals surface area contributed by atoms with Crippen LogP contribution in [0.25, 0.3) is 0 Å². The molecule has 0 amide bonds. The molecule has 144 valence electrons. The lowest BCUT2D eigenvalue weighted by Gasteiger charge is -2.46. The van der Waals surface area contributed by atoms with Crippen molar-refractivity contribution in [1.29, 1.82) is 0 Å². The van der Waals surface area contributed by atoms with Crippen LogP contribution in [0, 0.1) is 34.5 Å². The molecule has 3 rings (SSSR count). The minimum atomic E-state index is -0.201. The molecule has 5 atom stereocenters. The van der Waals surface area contributed by atoms with Crippen molar-refractivity contribution in [1.82, 2.24) is 0 Å². The van der Waals surface area contributed by atoms with Crippen LogP contribution in [0.3, 0.4) is 0 Å². The molecule has 2 unspecified atom stereocenters. The van der Waals surface area contributed by atoms with E-state index in [1.165, 1.54) is 62.4 Å². The predicted molar refractivity (Wildman–Crippen MR) is 111 cm³/mol. The standard InChI is InChI=1S/C25H38O/c1-17-14-18(2)19(3)21(15-17)10-9-20-8-7-13-25(6)22(20)11-12-23(25)24(4,5)16-26/h9-10,16-18,22-23H,3,7-8,11-15H2,1-2,4-6H3/b20-9+,21-10+/t17-,18-,22?,23?,25-/m0/s1. The van der Waals surface area contributed by atoms with Gasteiger partial charge in [-0.15, -0.1) is 0 Å². The zero-order valence-corrected chi connectivity index (χ0v) is 17.6. The van der Waals surface area contributed by atoms with E-state index in [2.05, 4.69) is 53.3 Å². The Balaban J connectivity index is 1.86. The summed E-state index contributed by atoms with van der Waals surface area (Å²) >= 11 is 0. The molecule has 0 N–H and O–H groups in total. The minimum Gasteiger partial charge on any atom is -0.303 e. The molecule has 0 aliphatic heterocycles. The van der Waals surface area contributed by atoms with E-state index in [1.807, 2.05) is 0 Å². The number of hydrogen-bond acceptors (Lipinski definition) is 1. The van der Waals surface area contributed by atoms with Gasteiger partial charge in [0.05, 0.1) is 0 Å². The molecule has 1 heteroatoms. The minimum absolute atomic E-state index is 0.201. The van der Waals surface area contributed by atoms with E-state index in [1.54, 1.807) is 5.57 Å². The van der Waals surface area contributed by atoms with Gasteiger partial charge in [0, 0.05) is 5.41 Å². The SMILES string of the molecule is C=C1/C(=C/C=C2\CCC[C@@]3(C)C2CCC3C(C)(C)C=O)C[C@@H](C)C[C@@H]1C. The molecule has 0 radical (unpaired) electrons. The number of aldehydes is 1. The second-order valence-electron chi connectivity index (χ2n) is 10.4. The highest BCUT2D eigenvalue weighted by Crippen LogP contribution is 2.61. The van der Waals surface area contributed by atoms with Crippen molar-refractivity contribution < 1.29 is 4.79 Å². The Labute approximate surface area is 161 Å². The molecule has 0 heterocycles. The Hall–Kier alpha value is -1.11. The van der Waals surface area contributed by atoms with Crippen LogP contribution in [0.4, 0.5) is 0 Å². The zero-order chi connectivity index (χ0) is 19.1. The van der Waals surface area contributed by atoms with Crippen LogP contribution >= 0.6 is 0 Å². The van der Waals surface area contributed by atoms with E-state index in [0.29, 0.717) is 17.8 Å². The molecule has 1 nitrogen and oxygen atoms in total. The number of hydrogen-bond donors (Lipinski definition) is 0. The lowest BCUT2D eigenvalue weighted by atomic mass is 9.58. The van der Waals surface area contributed by atoms with Gasteiger partial charge in [-0.25, -0.2) is 0 Å². The van der Waals surface area contributed by atoms with Crippen LogP contribution < -0.4 is 0 Å². The van der Waals surface area contributed by atoms with Gasteiger partial charge in [0.15, 0.2) is 0 Å². The van der Waals surface area contributed by atoms with E-state index in [4.69, 9.17) is 0 Å². The van der Waals surface area contributed by atoms with Crippen LogP contribution in [-0.2, 0) is 4.79 Å². The number of carbonyl (C=O) groups excluding carboxylic acids is 1. The first-order chi connectivity index (χ1) is 12.2. The lowest BCUT2D eigenvalue weighted by Crippen LogP contribution is -2.40. The first-order valence-electron chi connectivity index (χ1n) is 10.7. The Morgan fingerprint density at radius 2 is 1.92 bits per heavy atom. The molecule has 3 fully saturated rings. The number of carbonyl (C=O) groups is 1. The van der Waals surface area contributed by atoms with Gasteiger partial charge in [-0.2, -0.15) is 0 Å². The summed E-state index contributed by atoms with van der Waals surface area (Å²) in [4.78, 5) is 11.7. The molecule has 0 aromatic heterocycles. The fourth-order valence-electron chi connectivity index (χ4n) is 6.58. The quantitative estimate of drug-likeness (QED) is 0.504. The number of allylic oxidation sites excluding steroid dienone is 5. The molecular formula is C25H38O. The van der Waals surface area contributed by atoms with Gasteiger partial charge in [-0.3, -0.25) is 0 Å². The molecule has 0 spiro atoms. The fourth-order valence-corrected chi connectivity index (χ4v) is 6.58. The summed E-state index contributed by atoms with van der Waals surface area (Å²) in [7, 11) is 0. The molecule has 0 aromatic carbocycles. The lowest BCUT2D eigenvalue weighted by molar-refractivity contribution is -0.120. The Bertz CT molecular complexity index is 635. The van der Waals surface area contributed by atoms with Gasteiger partial charge in [-0.05, 0) is 85.2 Å². The van der Waals surface area contributed by atoms with Crippen LogP contribution in [0.15, 0.2) is 35.5 Å². The predicted octanol–water partition coefficient (Wildman–Crippen LogP) is 6.90. The van der Waals surface area contributed by atoms with Gasteiger partial charge in [-0.1, -0.05) is 58.9 Å². The Morgan fingerprint density at radius 3 is 2.62 bits per heavy atom. The number of rotatable bonds is 3. The summed E-state index contributed by atoms with van der Waals surface area (Å²) in [6.07, 6.45) is 14.7. The van der Waals surface area contributed by atoms with Crippen molar-refractivity contribution in [3.63, 3.8) is 0 Å². The molecule has 0 saturated heterocycles. The van der Waals surface area contributed by atoms with Crippen molar-refractivity contribution in [2.24, 2.45) is 34.5 Å². The second-order valence-corrected chi connectivity index (χ2v) is 10.4. The molecule has 3 aliphatic rings. The third-order valence-corrected chi connectivity index (χ3v) is 8.00. The van der Waals surface area contributed by atoms with E-state index >= 15 is 0 Å². The summed E-state index contributed by atoms with van der Waals surface area (Å²) in [6, 6.07) is 0. The van der Waals surface area contributed by atoms with Crippen LogP contribution in [0.1, 0.15) is 79.6 Å². The van der Waals surface area contributed by atoms with Crippen molar-refractivity contribution in [3.8, 4) is 0 Å². The molecule has 3 aliphatic carbocycles. The maximum absolute atomic E-state index is 11.7.